The molecule has 0 atom stereocenters. The molecule has 0 aromatic heterocycles. The van der Waals surface area contributed by atoms with Gasteiger partial charge in [-0.1, -0.05) is 31.0 Å². The van der Waals surface area contributed by atoms with Crippen LogP contribution in [0.15, 0.2) is 30.3 Å². The molecule has 2 heterocycles. The minimum absolute atomic E-state index is 0.00526. The first-order valence-electron chi connectivity index (χ1n) is 11.4. The fourth-order valence-corrected chi connectivity index (χ4v) is 5.19. The Morgan fingerprint density at radius 1 is 0.900 bits per heavy atom. The summed E-state index contributed by atoms with van der Waals surface area (Å²) in [6.07, 6.45) is 4.29. The van der Waals surface area contributed by atoms with Crippen molar-refractivity contribution in [3.05, 3.63) is 30.3 Å². The highest BCUT2D eigenvalue weighted by Gasteiger charge is 2.48. The van der Waals surface area contributed by atoms with Crippen molar-refractivity contribution in [1.29, 1.82) is 0 Å². The molecule has 1 aromatic carbocycles. The van der Waals surface area contributed by atoms with Crippen LogP contribution in [0.1, 0.15) is 25.7 Å². The smallest absolute Gasteiger partial charge is 0.243 e. The molecule has 1 aliphatic carbocycles. The van der Waals surface area contributed by atoms with Crippen molar-refractivity contribution in [2.45, 2.75) is 31.2 Å². The van der Waals surface area contributed by atoms with E-state index in [0.717, 1.165) is 70.6 Å². The molecule has 7 nitrogen and oxygen atoms in total. The van der Waals surface area contributed by atoms with Crippen molar-refractivity contribution >= 4 is 17.5 Å². The molecule has 0 unspecified atom stereocenters. The summed E-state index contributed by atoms with van der Waals surface area (Å²) in [6, 6.07) is 9.56. The lowest BCUT2D eigenvalue weighted by Crippen LogP contribution is -2.64. The van der Waals surface area contributed by atoms with Crippen LogP contribution in [-0.4, -0.2) is 103 Å². The summed E-state index contributed by atoms with van der Waals surface area (Å²) in [5, 5.41) is 2.95. The summed E-state index contributed by atoms with van der Waals surface area (Å²) in [6.45, 7) is 7.38. The summed E-state index contributed by atoms with van der Waals surface area (Å²) in [5.41, 5.74) is 0.542. The van der Waals surface area contributed by atoms with Crippen molar-refractivity contribution < 1.29 is 9.59 Å². The first-order valence-corrected chi connectivity index (χ1v) is 11.4. The fraction of sp³-hybridized carbons (Fsp3) is 0.652. The quantitative estimate of drug-likeness (QED) is 0.789. The molecule has 3 aliphatic rings. The van der Waals surface area contributed by atoms with E-state index in [4.69, 9.17) is 0 Å². The second kappa shape index (κ2) is 9.45. The Bertz CT molecular complexity index is 718. The van der Waals surface area contributed by atoms with Crippen LogP contribution in [0.4, 0.5) is 5.69 Å². The zero-order valence-electron chi connectivity index (χ0n) is 18.2. The summed E-state index contributed by atoms with van der Waals surface area (Å²) in [7, 11) is 2.16. The minimum atomic E-state index is -0.284. The molecule has 2 aliphatic heterocycles. The van der Waals surface area contributed by atoms with Gasteiger partial charge in [-0.25, -0.2) is 0 Å². The molecule has 2 saturated heterocycles. The average molecular weight is 414 g/mol. The molecular weight excluding hydrogens is 378 g/mol. The van der Waals surface area contributed by atoms with Crippen LogP contribution in [0.5, 0.6) is 0 Å². The van der Waals surface area contributed by atoms with E-state index in [1.165, 1.54) is 0 Å². The zero-order chi connectivity index (χ0) is 21.0. The largest absolute Gasteiger partial charge is 0.339 e. The van der Waals surface area contributed by atoms with Crippen molar-refractivity contribution in [3.63, 3.8) is 0 Å². The van der Waals surface area contributed by atoms with Gasteiger partial charge >= 0.3 is 0 Å². The Hall–Kier alpha value is -1.96. The number of nitrogens with one attached hydrogen (secondary N) is 1. The molecule has 1 N–H and O–H groups in total. The van der Waals surface area contributed by atoms with Gasteiger partial charge in [0, 0.05) is 58.0 Å². The monoisotopic (exact) mass is 413 g/mol. The number of likely N-dealkylation sites (N-methyl/N-ethyl adjacent to an activating group) is 1. The van der Waals surface area contributed by atoms with Crippen molar-refractivity contribution in [1.82, 2.24) is 19.6 Å². The normalized spacial score (nSPS) is 23.4. The second-order valence-corrected chi connectivity index (χ2v) is 9.01. The SMILES string of the molecule is CN1CCN(C2(C(=O)N3CCN(CC(=O)Nc4ccccc4)CC3)CCCC2)CC1. The Morgan fingerprint density at radius 3 is 2.17 bits per heavy atom. The lowest BCUT2D eigenvalue weighted by Gasteiger charge is -2.47. The number of nitrogens with zero attached hydrogens (tertiary/aromatic N) is 4. The van der Waals surface area contributed by atoms with Gasteiger partial charge in [-0.15, -0.1) is 0 Å². The molecule has 1 saturated carbocycles. The number of hydrogen-bond donors (Lipinski definition) is 1. The highest BCUT2D eigenvalue weighted by molar-refractivity contribution is 5.92. The molecule has 2 amide bonds. The van der Waals surface area contributed by atoms with Gasteiger partial charge in [-0.05, 0) is 32.0 Å². The number of piperazine rings is 2. The number of anilines is 1. The standard InChI is InChI=1S/C23H35N5O2/c1-25-11-17-28(18-12-25)23(9-5-6-10-23)22(30)27-15-13-26(14-16-27)19-21(29)24-20-7-3-2-4-8-20/h2-4,7-8H,5-6,9-19H2,1H3,(H,24,29). The number of benzene rings is 1. The van der Waals surface area contributed by atoms with Gasteiger partial charge in [0.05, 0.1) is 6.54 Å². The number of carbonyl (C=O) groups excluding carboxylic acids is 2. The van der Waals surface area contributed by atoms with Crippen molar-refractivity contribution in [2.24, 2.45) is 0 Å². The number of rotatable bonds is 5. The average Bonchev–Trinajstić information content (AvgIpc) is 3.26. The summed E-state index contributed by atoms with van der Waals surface area (Å²) < 4.78 is 0. The van der Waals surface area contributed by atoms with Crippen LogP contribution < -0.4 is 5.32 Å². The van der Waals surface area contributed by atoms with E-state index in [1.54, 1.807) is 0 Å². The number of hydrogen-bond acceptors (Lipinski definition) is 5. The first kappa shape index (κ1) is 21.3. The topological polar surface area (TPSA) is 59.1 Å². The van der Waals surface area contributed by atoms with Gasteiger partial charge in [0.15, 0.2) is 0 Å². The molecule has 0 radical (unpaired) electrons. The van der Waals surface area contributed by atoms with E-state index in [1.807, 2.05) is 30.3 Å². The van der Waals surface area contributed by atoms with Gasteiger partial charge in [-0.3, -0.25) is 19.4 Å². The lowest BCUT2D eigenvalue weighted by atomic mass is 9.91. The van der Waals surface area contributed by atoms with E-state index >= 15 is 0 Å². The van der Waals surface area contributed by atoms with Gasteiger partial charge in [0.2, 0.25) is 11.8 Å². The van der Waals surface area contributed by atoms with E-state index in [9.17, 15) is 9.59 Å². The Labute approximate surface area is 180 Å². The van der Waals surface area contributed by atoms with E-state index in [2.05, 4.69) is 32.0 Å². The first-order chi connectivity index (χ1) is 14.6. The lowest BCUT2D eigenvalue weighted by molar-refractivity contribution is -0.148. The van der Waals surface area contributed by atoms with E-state index in [-0.39, 0.29) is 11.4 Å². The predicted octanol–water partition coefficient (Wildman–Crippen LogP) is 1.33. The van der Waals surface area contributed by atoms with Crippen molar-refractivity contribution in [2.75, 3.05) is 71.3 Å². The third kappa shape index (κ3) is 4.68. The molecule has 30 heavy (non-hydrogen) atoms. The maximum absolute atomic E-state index is 13.6. The zero-order valence-corrected chi connectivity index (χ0v) is 18.2. The molecule has 0 bridgehead atoms. The Kier molecular flexibility index (Phi) is 6.71. The van der Waals surface area contributed by atoms with Crippen LogP contribution in [-0.2, 0) is 9.59 Å². The molecule has 1 aromatic rings. The summed E-state index contributed by atoms with van der Waals surface area (Å²) >= 11 is 0. The molecule has 4 rings (SSSR count). The van der Waals surface area contributed by atoms with Gasteiger partial charge < -0.3 is 15.1 Å². The fourth-order valence-electron chi connectivity index (χ4n) is 5.19. The number of para-hydroxylation sites is 1. The minimum Gasteiger partial charge on any atom is -0.339 e. The van der Waals surface area contributed by atoms with Crippen LogP contribution in [0.3, 0.4) is 0 Å². The molecule has 3 fully saturated rings. The third-order valence-corrected chi connectivity index (χ3v) is 7.02. The second-order valence-electron chi connectivity index (χ2n) is 9.01. The highest BCUT2D eigenvalue weighted by Crippen LogP contribution is 2.37. The van der Waals surface area contributed by atoms with E-state index < -0.39 is 0 Å². The van der Waals surface area contributed by atoms with E-state index in [0.29, 0.717) is 25.5 Å². The summed E-state index contributed by atoms with van der Waals surface area (Å²) in [5.74, 6) is 0.337. The van der Waals surface area contributed by atoms with Gasteiger partial charge in [-0.2, -0.15) is 0 Å². The van der Waals surface area contributed by atoms with Crippen LogP contribution in [0.2, 0.25) is 0 Å². The number of carbonyl (C=O) groups is 2. The van der Waals surface area contributed by atoms with Gasteiger partial charge in [0.25, 0.3) is 0 Å². The molecule has 0 spiro atoms. The molecular formula is C23H35N5O2. The van der Waals surface area contributed by atoms with Gasteiger partial charge in [0.1, 0.15) is 5.54 Å². The number of amides is 2. The summed E-state index contributed by atoms with van der Waals surface area (Å²) in [4.78, 5) is 35.0. The molecule has 7 heteroatoms. The Morgan fingerprint density at radius 2 is 1.53 bits per heavy atom. The van der Waals surface area contributed by atoms with Crippen LogP contribution >= 0.6 is 0 Å². The van der Waals surface area contributed by atoms with Crippen LogP contribution in [0.25, 0.3) is 0 Å². The highest BCUT2D eigenvalue weighted by atomic mass is 16.2. The maximum atomic E-state index is 13.6. The van der Waals surface area contributed by atoms with Crippen LogP contribution in [0, 0.1) is 0 Å². The van der Waals surface area contributed by atoms with Crippen molar-refractivity contribution in [3.8, 4) is 0 Å². The molecule has 164 valence electrons. The maximum Gasteiger partial charge on any atom is 0.243 e. The Balaban J connectivity index is 1.30. The third-order valence-electron chi connectivity index (χ3n) is 7.02. The predicted molar refractivity (Wildman–Crippen MR) is 118 cm³/mol.